The highest BCUT2D eigenvalue weighted by Gasteiger charge is 2.35. The van der Waals surface area contributed by atoms with Gasteiger partial charge < -0.3 is 15.8 Å². The molecular formula is C25H28ClFN6O3. The molecule has 2 aromatic carbocycles. The number of amides is 3. The highest BCUT2D eigenvalue weighted by molar-refractivity contribution is 6.30. The zero-order valence-electron chi connectivity index (χ0n) is 20.0. The molecule has 1 saturated heterocycles. The van der Waals surface area contributed by atoms with E-state index in [-0.39, 0.29) is 28.4 Å². The summed E-state index contributed by atoms with van der Waals surface area (Å²) < 4.78 is 20.8. The number of urea groups is 1. The molecular weight excluding hydrogens is 487 g/mol. The Bertz CT molecular complexity index is 1230. The molecule has 0 saturated carbocycles. The lowest BCUT2D eigenvalue weighted by Gasteiger charge is -2.21. The van der Waals surface area contributed by atoms with E-state index in [0.717, 1.165) is 0 Å². The molecule has 1 unspecified atom stereocenters. The summed E-state index contributed by atoms with van der Waals surface area (Å²) in [5.74, 6) is -1.19. The number of hydrogen-bond donors (Lipinski definition) is 3. The number of anilines is 1. The number of hydrogen-bond acceptors (Lipinski definition) is 5. The largest absolute Gasteiger partial charge is 0.383 e. The zero-order valence-corrected chi connectivity index (χ0v) is 20.8. The first-order chi connectivity index (χ1) is 17.3. The number of benzene rings is 2. The topological polar surface area (TPSA) is 115 Å². The molecule has 1 aromatic heterocycles. The summed E-state index contributed by atoms with van der Waals surface area (Å²) in [5, 5.41) is 10.4. The van der Waals surface area contributed by atoms with Crippen LogP contribution in [0.1, 0.15) is 27.5 Å². The van der Waals surface area contributed by atoms with E-state index >= 15 is 0 Å². The maximum absolute atomic E-state index is 14.1. The van der Waals surface area contributed by atoms with Crippen LogP contribution in [0.5, 0.6) is 0 Å². The number of nitrogens with zero attached hydrogens (tertiary/aromatic N) is 3. The number of nitrogens with two attached hydrogens (primary N) is 1. The highest BCUT2D eigenvalue weighted by atomic mass is 35.5. The normalized spacial score (nSPS) is 17.8. The van der Waals surface area contributed by atoms with Crippen molar-refractivity contribution in [2.24, 2.45) is 5.73 Å². The molecule has 36 heavy (non-hydrogen) atoms. The van der Waals surface area contributed by atoms with E-state index < -0.39 is 17.8 Å². The van der Waals surface area contributed by atoms with Gasteiger partial charge in [-0.2, -0.15) is 5.10 Å². The van der Waals surface area contributed by atoms with Crippen molar-refractivity contribution in [2.45, 2.75) is 18.9 Å². The Morgan fingerprint density at radius 1 is 1.22 bits per heavy atom. The van der Waals surface area contributed by atoms with E-state index in [9.17, 15) is 14.0 Å². The molecule has 1 aliphatic heterocycles. The number of primary amides is 1. The van der Waals surface area contributed by atoms with Crippen LogP contribution in [0.15, 0.2) is 48.5 Å². The minimum atomic E-state index is -0.705. The molecule has 1 fully saturated rings. The first-order valence-electron chi connectivity index (χ1n) is 11.5. The predicted octanol–water partition coefficient (Wildman–Crippen LogP) is 3.31. The van der Waals surface area contributed by atoms with Crippen LogP contribution in [-0.4, -0.2) is 66.0 Å². The Labute approximate surface area is 213 Å². The SMILES string of the molecule is COCCN1CC(NC(=O)Nc2c(C(N)=O)c(C)nn2-c2ccccc2)[C@H](c2cc(F)cc(Cl)c2)C1. The first kappa shape index (κ1) is 25.6. The number of carbonyl (C=O) groups is 2. The van der Waals surface area contributed by atoms with Gasteiger partial charge in [0.2, 0.25) is 0 Å². The van der Waals surface area contributed by atoms with E-state index in [1.165, 1.54) is 16.8 Å². The van der Waals surface area contributed by atoms with Crippen molar-refractivity contribution in [2.75, 3.05) is 38.7 Å². The Morgan fingerprint density at radius 2 is 1.97 bits per heavy atom. The van der Waals surface area contributed by atoms with E-state index in [2.05, 4.69) is 20.6 Å². The van der Waals surface area contributed by atoms with Crippen molar-refractivity contribution in [3.8, 4) is 5.69 Å². The fourth-order valence-corrected chi connectivity index (χ4v) is 4.80. The summed E-state index contributed by atoms with van der Waals surface area (Å²) in [5.41, 5.74) is 7.46. The number of aromatic nitrogens is 2. The average Bonchev–Trinajstić information content (AvgIpc) is 3.37. The van der Waals surface area contributed by atoms with Gasteiger partial charge in [0.25, 0.3) is 5.91 Å². The lowest BCUT2D eigenvalue weighted by molar-refractivity contribution is 0.100. The third kappa shape index (κ3) is 5.67. The second-order valence-corrected chi connectivity index (χ2v) is 9.12. The molecule has 2 atom stereocenters. The van der Waals surface area contributed by atoms with Crippen LogP contribution in [-0.2, 0) is 4.74 Å². The van der Waals surface area contributed by atoms with Gasteiger partial charge in [-0.3, -0.25) is 15.0 Å². The number of nitrogens with one attached hydrogen (secondary N) is 2. The second-order valence-electron chi connectivity index (χ2n) is 8.69. The summed E-state index contributed by atoms with van der Waals surface area (Å²) in [4.78, 5) is 27.5. The second kappa shape index (κ2) is 11.1. The molecule has 4 N–H and O–H groups in total. The maximum Gasteiger partial charge on any atom is 0.320 e. The summed E-state index contributed by atoms with van der Waals surface area (Å²) in [6.07, 6.45) is 0. The van der Waals surface area contributed by atoms with E-state index in [0.29, 0.717) is 43.2 Å². The fourth-order valence-electron chi connectivity index (χ4n) is 4.57. The Balaban J connectivity index is 1.60. The Morgan fingerprint density at radius 3 is 2.64 bits per heavy atom. The summed E-state index contributed by atoms with van der Waals surface area (Å²) >= 11 is 6.11. The molecule has 9 nitrogen and oxygen atoms in total. The van der Waals surface area contributed by atoms with Crippen LogP contribution >= 0.6 is 11.6 Å². The molecule has 11 heteroatoms. The maximum atomic E-state index is 14.1. The van der Waals surface area contributed by atoms with Crippen molar-refractivity contribution < 1.29 is 18.7 Å². The molecule has 4 rings (SSSR count). The van der Waals surface area contributed by atoms with Gasteiger partial charge in [-0.15, -0.1) is 0 Å². The van der Waals surface area contributed by atoms with Crippen LogP contribution < -0.4 is 16.4 Å². The van der Waals surface area contributed by atoms with Gasteiger partial charge >= 0.3 is 6.03 Å². The number of methoxy groups -OCH3 is 1. The van der Waals surface area contributed by atoms with Crippen LogP contribution in [0.4, 0.5) is 15.0 Å². The van der Waals surface area contributed by atoms with Gasteiger partial charge in [0.1, 0.15) is 11.4 Å². The molecule has 1 aliphatic rings. The highest BCUT2D eigenvalue weighted by Crippen LogP contribution is 2.30. The number of rotatable bonds is 8. The van der Waals surface area contributed by atoms with Crippen LogP contribution in [0, 0.1) is 12.7 Å². The van der Waals surface area contributed by atoms with Crippen molar-refractivity contribution in [3.05, 3.63) is 76.2 Å². The summed E-state index contributed by atoms with van der Waals surface area (Å²) in [6, 6.07) is 12.6. The van der Waals surface area contributed by atoms with Crippen molar-refractivity contribution in [1.82, 2.24) is 20.0 Å². The van der Waals surface area contributed by atoms with Gasteiger partial charge in [0, 0.05) is 37.7 Å². The zero-order chi connectivity index (χ0) is 25.8. The monoisotopic (exact) mass is 514 g/mol. The quantitative estimate of drug-likeness (QED) is 0.426. The average molecular weight is 515 g/mol. The van der Waals surface area contributed by atoms with E-state index in [4.69, 9.17) is 22.1 Å². The molecule has 0 radical (unpaired) electrons. The van der Waals surface area contributed by atoms with E-state index in [1.54, 1.807) is 32.2 Å². The molecule has 0 aliphatic carbocycles. The Kier molecular flexibility index (Phi) is 7.88. The standard InChI is InChI=1S/C25H28ClFN6O3/c1-15-22(23(28)34)24(33(31-15)19-6-4-3-5-7-19)30-25(35)29-21-14-32(8-9-36-2)13-20(21)16-10-17(26)12-18(27)11-16/h3-7,10-12,20-21H,8-9,13-14H2,1-2H3,(H2,28,34)(H2,29,30,35)/t20-,21?/m0/s1. The lowest BCUT2D eigenvalue weighted by atomic mass is 9.94. The molecule has 0 spiro atoms. The number of ether oxygens (including phenoxy) is 1. The van der Waals surface area contributed by atoms with Crippen molar-refractivity contribution in [3.63, 3.8) is 0 Å². The first-order valence-corrected chi connectivity index (χ1v) is 11.8. The van der Waals surface area contributed by atoms with Crippen LogP contribution in [0.3, 0.4) is 0 Å². The summed E-state index contributed by atoms with van der Waals surface area (Å²) in [6.45, 7) is 3.93. The van der Waals surface area contributed by atoms with Gasteiger partial charge in [0.05, 0.1) is 24.0 Å². The van der Waals surface area contributed by atoms with Crippen molar-refractivity contribution in [1.29, 1.82) is 0 Å². The number of para-hydroxylation sites is 1. The minimum absolute atomic E-state index is 0.121. The number of aryl methyl sites for hydroxylation is 1. The smallest absolute Gasteiger partial charge is 0.320 e. The van der Waals surface area contributed by atoms with Crippen LogP contribution in [0.25, 0.3) is 5.69 Å². The number of halogens is 2. The van der Waals surface area contributed by atoms with Crippen molar-refractivity contribution >= 4 is 29.4 Å². The lowest BCUT2D eigenvalue weighted by Crippen LogP contribution is -2.43. The van der Waals surface area contributed by atoms with E-state index in [1.807, 2.05) is 18.2 Å². The number of carbonyl (C=O) groups excluding carboxylic acids is 2. The molecule has 3 aromatic rings. The predicted molar refractivity (Wildman–Crippen MR) is 135 cm³/mol. The van der Waals surface area contributed by atoms with Gasteiger partial charge in [-0.25, -0.2) is 13.9 Å². The minimum Gasteiger partial charge on any atom is -0.383 e. The molecule has 190 valence electrons. The van der Waals surface area contributed by atoms with Gasteiger partial charge in [-0.05, 0) is 42.8 Å². The van der Waals surface area contributed by atoms with Gasteiger partial charge in [-0.1, -0.05) is 29.8 Å². The Hall–Kier alpha value is -3.47. The molecule has 0 bridgehead atoms. The number of likely N-dealkylation sites (tertiary alicyclic amines) is 1. The van der Waals surface area contributed by atoms with Crippen LogP contribution in [0.2, 0.25) is 5.02 Å². The summed E-state index contributed by atoms with van der Waals surface area (Å²) in [7, 11) is 1.62. The third-order valence-electron chi connectivity index (χ3n) is 6.18. The molecule has 3 amide bonds. The third-order valence-corrected chi connectivity index (χ3v) is 6.39. The molecule has 2 heterocycles. The van der Waals surface area contributed by atoms with Gasteiger partial charge in [0.15, 0.2) is 5.82 Å². The fraction of sp³-hybridized carbons (Fsp3) is 0.320.